The van der Waals surface area contributed by atoms with Gasteiger partial charge in [-0.25, -0.2) is 4.79 Å². The van der Waals surface area contributed by atoms with Crippen LogP contribution in [0, 0.1) is 5.92 Å². The molecule has 0 aromatic rings. The van der Waals surface area contributed by atoms with Crippen molar-refractivity contribution in [3.63, 3.8) is 0 Å². The summed E-state index contributed by atoms with van der Waals surface area (Å²) in [5, 5.41) is 8.87. The highest BCUT2D eigenvalue weighted by Crippen LogP contribution is 2.08. The maximum atomic E-state index is 10.8. The lowest BCUT2D eigenvalue weighted by Gasteiger charge is -2.13. The molecule has 4 heteroatoms. The highest BCUT2D eigenvalue weighted by Gasteiger charge is 2.16. The summed E-state index contributed by atoms with van der Waals surface area (Å²) in [6.07, 6.45) is 3.98. The van der Waals surface area contributed by atoms with Gasteiger partial charge in [0.2, 0.25) is 0 Å². The molecule has 0 aliphatic heterocycles. The Balaban J connectivity index is 3.62. The third-order valence-electron chi connectivity index (χ3n) is 2.10. The zero-order chi connectivity index (χ0) is 11.7. The molecule has 0 aromatic carbocycles. The first-order valence-corrected chi connectivity index (χ1v) is 6.80. The average Bonchev–Trinajstić information content (AvgIpc) is 2.15. The fraction of sp³-hybridized carbons (Fsp3) is 0.909. The van der Waals surface area contributed by atoms with Crippen molar-refractivity contribution >= 4 is 17.7 Å². The van der Waals surface area contributed by atoms with E-state index in [2.05, 4.69) is 13.8 Å². The summed E-state index contributed by atoms with van der Waals surface area (Å²) in [5.74, 6) is 0.651. The van der Waals surface area contributed by atoms with Crippen molar-refractivity contribution in [1.82, 2.24) is 0 Å². The maximum Gasteiger partial charge on any atom is 0.332 e. The predicted octanol–water partition coefficient (Wildman–Crippen LogP) is 2.65. The van der Waals surface area contributed by atoms with Gasteiger partial charge in [-0.05, 0) is 37.2 Å². The third kappa shape index (κ3) is 8.75. The van der Waals surface area contributed by atoms with E-state index in [9.17, 15) is 4.79 Å². The molecule has 0 bridgehead atoms. The first-order chi connectivity index (χ1) is 7.07. The Hall–Kier alpha value is -0.220. The molecule has 90 valence electrons. The molecule has 0 spiro atoms. The summed E-state index contributed by atoms with van der Waals surface area (Å²) in [6.45, 7) is 4.87. The van der Waals surface area contributed by atoms with E-state index in [1.165, 1.54) is 0 Å². The third-order valence-corrected chi connectivity index (χ3v) is 2.75. The molecule has 0 amide bonds. The summed E-state index contributed by atoms with van der Waals surface area (Å²) in [6, 6.07) is 0. The molecular weight excluding hydrogens is 212 g/mol. The molecule has 0 aliphatic rings. The van der Waals surface area contributed by atoms with Crippen molar-refractivity contribution < 1.29 is 14.6 Å². The molecule has 0 radical (unpaired) electrons. The summed E-state index contributed by atoms with van der Waals surface area (Å²) in [7, 11) is 0. The number of carboxylic acid groups (broad SMARTS) is 1. The number of aliphatic carboxylic acids is 1. The van der Waals surface area contributed by atoms with Crippen LogP contribution in [0.1, 0.15) is 33.1 Å². The van der Waals surface area contributed by atoms with Crippen LogP contribution < -0.4 is 0 Å². The summed E-state index contributed by atoms with van der Waals surface area (Å²) in [4.78, 5) is 10.8. The second-order valence-corrected chi connectivity index (χ2v) is 5.00. The fourth-order valence-electron chi connectivity index (χ4n) is 1.22. The van der Waals surface area contributed by atoms with Gasteiger partial charge in [0.15, 0.2) is 6.10 Å². The largest absolute Gasteiger partial charge is 0.479 e. The summed E-state index contributed by atoms with van der Waals surface area (Å²) >= 11 is 1.65. The molecule has 1 unspecified atom stereocenters. The standard InChI is InChI=1S/C11H22O3S/c1-9(2)5-4-7-14-10(11(12)13)6-8-15-3/h9-10H,4-8H2,1-3H3,(H,12,13). The molecule has 1 N–H and O–H groups in total. The highest BCUT2D eigenvalue weighted by atomic mass is 32.2. The average molecular weight is 234 g/mol. The van der Waals surface area contributed by atoms with E-state index in [0.717, 1.165) is 18.6 Å². The quantitative estimate of drug-likeness (QED) is 0.623. The van der Waals surface area contributed by atoms with E-state index < -0.39 is 12.1 Å². The van der Waals surface area contributed by atoms with Gasteiger partial charge in [-0.3, -0.25) is 0 Å². The maximum absolute atomic E-state index is 10.8. The topological polar surface area (TPSA) is 46.5 Å². The van der Waals surface area contributed by atoms with Gasteiger partial charge in [0.25, 0.3) is 0 Å². The Morgan fingerprint density at radius 2 is 2.07 bits per heavy atom. The minimum absolute atomic E-state index is 0.559. The summed E-state index contributed by atoms with van der Waals surface area (Å²) < 4.78 is 5.34. The van der Waals surface area contributed by atoms with Crippen LogP contribution in [-0.4, -0.2) is 35.8 Å². The van der Waals surface area contributed by atoms with Gasteiger partial charge in [-0.1, -0.05) is 13.8 Å². The lowest BCUT2D eigenvalue weighted by Crippen LogP contribution is -2.25. The van der Waals surface area contributed by atoms with Gasteiger partial charge in [0.1, 0.15) is 0 Å². The van der Waals surface area contributed by atoms with E-state index in [1.807, 2.05) is 6.26 Å². The first kappa shape index (κ1) is 14.8. The Bertz CT molecular complexity index is 171. The van der Waals surface area contributed by atoms with Crippen molar-refractivity contribution in [2.45, 2.75) is 39.2 Å². The van der Waals surface area contributed by atoms with Gasteiger partial charge in [-0.15, -0.1) is 0 Å². The van der Waals surface area contributed by atoms with Crippen molar-refractivity contribution in [2.75, 3.05) is 18.6 Å². The van der Waals surface area contributed by atoms with E-state index in [-0.39, 0.29) is 0 Å². The number of carboxylic acids is 1. The molecule has 1 atom stereocenters. The number of thioether (sulfide) groups is 1. The second kappa shape index (κ2) is 9.04. The normalized spacial score (nSPS) is 13.1. The molecule has 0 rings (SSSR count). The summed E-state index contributed by atoms with van der Waals surface area (Å²) in [5.41, 5.74) is 0. The van der Waals surface area contributed by atoms with Crippen molar-refractivity contribution in [2.24, 2.45) is 5.92 Å². The molecular formula is C11H22O3S. The van der Waals surface area contributed by atoms with Gasteiger partial charge in [-0.2, -0.15) is 11.8 Å². The monoisotopic (exact) mass is 234 g/mol. The van der Waals surface area contributed by atoms with Crippen LogP contribution in [0.5, 0.6) is 0 Å². The lowest BCUT2D eigenvalue weighted by molar-refractivity contribution is -0.150. The van der Waals surface area contributed by atoms with Gasteiger partial charge in [0, 0.05) is 6.61 Å². The van der Waals surface area contributed by atoms with Gasteiger partial charge in [0.05, 0.1) is 0 Å². The highest BCUT2D eigenvalue weighted by molar-refractivity contribution is 7.98. The van der Waals surface area contributed by atoms with Crippen molar-refractivity contribution in [3.8, 4) is 0 Å². The van der Waals surface area contributed by atoms with Crippen LogP contribution >= 0.6 is 11.8 Å². The molecule has 3 nitrogen and oxygen atoms in total. The Morgan fingerprint density at radius 1 is 1.40 bits per heavy atom. The lowest BCUT2D eigenvalue weighted by atomic mass is 10.1. The van der Waals surface area contributed by atoms with Gasteiger partial charge >= 0.3 is 5.97 Å². The number of ether oxygens (including phenoxy) is 1. The van der Waals surface area contributed by atoms with Crippen LogP contribution in [0.25, 0.3) is 0 Å². The van der Waals surface area contributed by atoms with Crippen molar-refractivity contribution in [3.05, 3.63) is 0 Å². The number of rotatable bonds is 9. The zero-order valence-corrected chi connectivity index (χ0v) is 10.7. The van der Waals surface area contributed by atoms with Crippen LogP contribution in [0.4, 0.5) is 0 Å². The number of hydrogen-bond donors (Lipinski definition) is 1. The molecule has 0 fully saturated rings. The van der Waals surface area contributed by atoms with E-state index in [1.54, 1.807) is 11.8 Å². The molecule has 0 aromatic heterocycles. The van der Waals surface area contributed by atoms with E-state index >= 15 is 0 Å². The zero-order valence-electron chi connectivity index (χ0n) is 9.86. The van der Waals surface area contributed by atoms with Crippen molar-refractivity contribution in [1.29, 1.82) is 0 Å². The molecule has 15 heavy (non-hydrogen) atoms. The Morgan fingerprint density at radius 3 is 2.53 bits per heavy atom. The predicted molar refractivity (Wildman–Crippen MR) is 64.4 cm³/mol. The fourth-order valence-corrected chi connectivity index (χ4v) is 1.67. The second-order valence-electron chi connectivity index (χ2n) is 4.02. The number of carbonyl (C=O) groups is 1. The van der Waals surface area contributed by atoms with E-state index in [4.69, 9.17) is 9.84 Å². The number of hydrogen-bond acceptors (Lipinski definition) is 3. The van der Waals surface area contributed by atoms with E-state index in [0.29, 0.717) is 18.9 Å². The Labute approximate surface area is 96.6 Å². The molecule has 0 saturated heterocycles. The van der Waals surface area contributed by atoms with Gasteiger partial charge < -0.3 is 9.84 Å². The minimum atomic E-state index is -0.839. The minimum Gasteiger partial charge on any atom is -0.479 e. The van der Waals surface area contributed by atoms with Crippen LogP contribution in [0.2, 0.25) is 0 Å². The SMILES string of the molecule is CSCCC(OCCCC(C)C)C(=O)O. The van der Waals surface area contributed by atoms with Crippen LogP contribution in [-0.2, 0) is 9.53 Å². The first-order valence-electron chi connectivity index (χ1n) is 5.41. The van der Waals surface area contributed by atoms with Crippen LogP contribution in [0.15, 0.2) is 0 Å². The Kier molecular flexibility index (Phi) is 8.91. The molecule has 0 saturated carbocycles. The van der Waals surface area contributed by atoms with Crippen LogP contribution in [0.3, 0.4) is 0 Å². The molecule has 0 heterocycles. The molecule has 0 aliphatic carbocycles. The smallest absolute Gasteiger partial charge is 0.332 e.